The quantitative estimate of drug-likeness (QED) is 0.363. The van der Waals surface area contributed by atoms with E-state index in [0.29, 0.717) is 29.2 Å². The molecule has 0 amide bonds. The van der Waals surface area contributed by atoms with Gasteiger partial charge in [-0.1, -0.05) is 78.3 Å². The van der Waals surface area contributed by atoms with E-state index >= 15 is 0 Å². The third kappa shape index (κ3) is 3.64. The summed E-state index contributed by atoms with van der Waals surface area (Å²) in [4.78, 5) is 24.4. The van der Waals surface area contributed by atoms with Crippen LogP contribution in [0, 0.1) is 56.7 Å². The molecule has 6 rings (SSSR count). The zero-order chi connectivity index (χ0) is 29.8. The molecule has 1 aromatic carbocycles. The molecule has 1 aromatic rings. The Labute approximate surface area is 246 Å². The highest BCUT2D eigenvalue weighted by Gasteiger charge is 2.69. The van der Waals surface area contributed by atoms with Crippen LogP contribution in [-0.2, 0) is 4.79 Å². The van der Waals surface area contributed by atoms with Gasteiger partial charge in [-0.3, -0.25) is 4.79 Å². The van der Waals surface area contributed by atoms with Gasteiger partial charge in [0.2, 0.25) is 0 Å². The summed E-state index contributed by atoms with van der Waals surface area (Å²) in [5, 5.41) is 20.0. The third-order valence-electron chi connectivity index (χ3n) is 14.4. The summed E-state index contributed by atoms with van der Waals surface area (Å²) in [5.74, 6) is 0.727. The molecule has 5 aliphatic rings. The minimum Gasteiger partial charge on any atom is -0.481 e. The molecule has 4 nitrogen and oxygen atoms in total. The van der Waals surface area contributed by atoms with Gasteiger partial charge in [-0.05, 0) is 126 Å². The lowest BCUT2D eigenvalue weighted by Crippen LogP contribution is -2.64. The first kappa shape index (κ1) is 28.7. The summed E-state index contributed by atoms with van der Waals surface area (Å²) in [6.45, 7) is 17.1. The SMILES string of the molecule is CC1CCC2(C(=O)O)CCC3(C)C(=CCC4C5(C)CC=C(c6ccc(C(=O)O)cc6)C(C)(C)C5CCC43C)C2C1C. The molecule has 0 aromatic heterocycles. The monoisotopic (exact) mass is 558 g/mol. The van der Waals surface area contributed by atoms with Crippen molar-refractivity contribution >= 4 is 17.5 Å². The van der Waals surface area contributed by atoms with Crippen LogP contribution in [0.3, 0.4) is 0 Å². The van der Waals surface area contributed by atoms with Crippen molar-refractivity contribution in [3.63, 3.8) is 0 Å². The molecule has 3 saturated carbocycles. The number of carbonyl (C=O) groups is 2. The van der Waals surface area contributed by atoms with Crippen molar-refractivity contribution < 1.29 is 19.8 Å². The maximum Gasteiger partial charge on any atom is 0.335 e. The lowest BCUT2D eigenvalue weighted by atomic mass is 9.33. The zero-order valence-electron chi connectivity index (χ0n) is 26.2. The number of aliphatic carboxylic acids is 1. The molecule has 4 heteroatoms. The highest BCUT2D eigenvalue weighted by Crippen LogP contribution is 2.76. The van der Waals surface area contributed by atoms with E-state index in [-0.39, 0.29) is 27.6 Å². The predicted molar refractivity (Wildman–Crippen MR) is 163 cm³/mol. The predicted octanol–water partition coefficient (Wildman–Crippen LogP) is 9.12. The molecular formula is C37H50O4. The minimum absolute atomic E-state index is 0.0255. The van der Waals surface area contributed by atoms with E-state index in [2.05, 4.69) is 60.6 Å². The summed E-state index contributed by atoms with van der Waals surface area (Å²) in [6, 6.07) is 7.46. The molecule has 9 unspecified atom stereocenters. The van der Waals surface area contributed by atoms with Gasteiger partial charge in [-0.25, -0.2) is 4.79 Å². The Balaban J connectivity index is 1.41. The first-order valence-electron chi connectivity index (χ1n) is 16.1. The Kier molecular flexibility index (Phi) is 6.36. The Bertz CT molecular complexity index is 1330. The van der Waals surface area contributed by atoms with E-state index < -0.39 is 17.4 Å². The number of allylic oxidation sites excluding steroid dienone is 4. The standard InChI is InChI=1S/C37H50O4/c1-22-14-19-37(32(40)41)21-20-35(6)27(30(37)23(22)2)12-13-29-34(5)17-15-26(24-8-10-25(11-9-24)31(38)39)33(3,4)28(34)16-18-36(29,35)7/h8-12,15,22-23,28-30H,13-14,16-21H2,1-7H3,(H,38,39)(H,40,41). The normalized spacial score (nSPS) is 44.7. The Morgan fingerprint density at radius 1 is 0.829 bits per heavy atom. The zero-order valence-corrected chi connectivity index (χ0v) is 26.2. The molecule has 5 aliphatic carbocycles. The van der Waals surface area contributed by atoms with Crippen LogP contribution in [-0.4, -0.2) is 22.2 Å². The maximum atomic E-state index is 13.0. The fraction of sp³-hybridized carbons (Fsp3) is 0.676. The van der Waals surface area contributed by atoms with Gasteiger partial charge in [0.05, 0.1) is 11.0 Å². The van der Waals surface area contributed by atoms with Gasteiger partial charge < -0.3 is 10.2 Å². The van der Waals surface area contributed by atoms with E-state index in [1.807, 2.05) is 12.1 Å². The molecule has 9 atom stereocenters. The van der Waals surface area contributed by atoms with Gasteiger partial charge in [0, 0.05) is 0 Å². The Hall–Kier alpha value is -2.36. The van der Waals surface area contributed by atoms with Crippen LogP contribution in [0.15, 0.2) is 42.0 Å². The summed E-state index contributed by atoms with van der Waals surface area (Å²) < 4.78 is 0. The Morgan fingerprint density at radius 2 is 1.51 bits per heavy atom. The lowest BCUT2D eigenvalue weighted by molar-refractivity contribution is -0.179. The van der Waals surface area contributed by atoms with Crippen molar-refractivity contribution in [2.24, 2.45) is 56.7 Å². The largest absolute Gasteiger partial charge is 0.481 e. The second-order valence-corrected chi connectivity index (χ2v) is 16.0. The third-order valence-corrected chi connectivity index (χ3v) is 14.4. The highest BCUT2D eigenvalue weighted by molar-refractivity contribution is 5.88. The summed E-state index contributed by atoms with van der Waals surface area (Å²) >= 11 is 0. The van der Waals surface area contributed by atoms with E-state index in [1.165, 1.54) is 24.0 Å². The topological polar surface area (TPSA) is 74.6 Å². The molecule has 0 spiro atoms. The van der Waals surface area contributed by atoms with Crippen molar-refractivity contribution in [3.05, 3.63) is 53.1 Å². The number of fused-ring (bicyclic) bond motifs is 7. The van der Waals surface area contributed by atoms with Gasteiger partial charge in [-0.2, -0.15) is 0 Å². The van der Waals surface area contributed by atoms with Crippen molar-refractivity contribution in [1.29, 1.82) is 0 Å². The molecule has 41 heavy (non-hydrogen) atoms. The summed E-state index contributed by atoms with van der Waals surface area (Å²) in [5.41, 5.74) is 4.02. The van der Waals surface area contributed by atoms with Crippen LogP contribution < -0.4 is 0 Å². The average molecular weight is 559 g/mol. The van der Waals surface area contributed by atoms with Crippen molar-refractivity contribution in [2.45, 2.75) is 99.8 Å². The second kappa shape index (κ2) is 9.07. The number of carboxylic acid groups (broad SMARTS) is 2. The molecule has 3 fully saturated rings. The first-order valence-corrected chi connectivity index (χ1v) is 16.1. The van der Waals surface area contributed by atoms with E-state index in [9.17, 15) is 19.8 Å². The van der Waals surface area contributed by atoms with Gasteiger partial charge in [0.1, 0.15) is 0 Å². The van der Waals surface area contributed by atoms with Crippen LogP contribution in [0.25, 0.3) is 5.57 Å². The fourth-order valence-corrected chi connectivity index (χ4v) is 11.7. The van der Waals surface area contributed by atoms with Gasteiger partial charge in [0.15, 0.2) is 0 Å². The molecule has 0 bridgehead atoms. The maximum absolute atomic E-state index is 13.0. The van der Waals surface area contributed by atoms with Crippen LogP contribution in [0.1, 0.15) is 116 Å². The minimum atomic E-state index is -0.883. The van der Waals surface area contributed by atoms with Crippen molar-refractivity contribution in [2.75, 3.05) is 0 Å². The number of hydrogen-bond donors (Lipinski definition) is 2. The molecule has 0 heterocycles. The van der Waals surface area contributed by atoms with Gasteiger partial charge in [0.25, 0.3) is 0 Å². The highest BCUT2D eigenvalue weighted by atomic mass is 16.4. The number of benzene rings is 1. The average Bonchev–Trinajstić information content (AvgIpc) is 2.90. The molecule has 0 saturated heterocycles. The fourth-order valence-electron chi connectivity index (χ4n) is 11.7. The van der Waals surface area contributed by atoms with E-state index in [1.54, 1.807) is 12.1 Å². The smallest absolute Gasteiger partial charge is 0.335 e. The first-order chi connectivity index (χ1) is 19.1. The van der Waals surface area contributed by atoms with Crippen LogP contribution in [0.5, 0.6) is 0 Å². The van der Waals surface area contributed by atoms with Crippen molar-refractivity contribution in [3.8, 4) is 0 Å². The van der Waals surface area contributed by atoms with Gasteiger partial charge >= 0.3 is 11.9 Å². The molecule has 222 valence electrons. The second-order valence-electron chi connectivity index (χ2n) is 16.0. The molecule has 0 aliphatic heterocycles. The van der Waals surface area contributed by atoms with E-state index in [4.69, 9.17) is 0 Å². The molecule has 2 N–H and O–H groups in total. The molecular weight excluding hydrogens is 508 g/mol. The number of aromatic carboxylic acids is 1. The molecule has 0 radical (unpaired) electrons. The van der Waals surface area contributed by atoms with Crippen LogP contribution in [0.4, 0.5) is 0 Å². The van der Waals surface area contributed by atoms with E-state index in [0.717, 1.165) is 44.1 Å². The number of hydrogen-bond acceptors (Lipinski definition) is 2. The number of carboxylic acids is 2. The van der Waals surface area contributed by atoms with Crippen molar-refractivity contribution in [1.82, 2.24) is 0 Å². The Morgan fingerprint density at radius 3 is 2.15 bits per heavy atom. The van der Waals surface area contributed by atoms with Crippen LogP contribution >= 0.6 is 0 Å². The summed E-state index contributed by atoms with van der Waals surface area (Å²) in [7, 11) is 0. The van der Waals surface area contributed by atoms with Gasteiger partial charge in [-0.15, -0.1) is 0 Å². The number of rotatable bonds is 3. The van der Waals surface area contributed by atoms with Crippen LogP contribution in [0.2, 0.25) is 0 Å². The summed E-state index contributed by atoms with van der Waals surface area (Å²) in [6.07, 6.45) is 13.1. The lowest BCUT2D eigenvalue weighted by Gasteiger charge is -2.70.